The third kappa shape index (κ3) is 3.74. The lowest BCUT2D eigenvalue weighted by molar-refractivity contribution is -0.122. The van der Waals surface area contributed by atoms with E-state index in [0.717, 1.165) is 30.8 Å². The molecule has 2 aromatic rings. The van der Waals surface area contributed by atoms with Crippen LogP contribution in [0.3, 0.4) is 0 Å². The number of likely N-dealkylation sites (tertiary alicyclic amines) is 1. The normalized spacial score (nSPS) is 18.5. The molecule has 0 spiro atoms. The monoisotopic (exact) mass is 302 g/mol. The van der Waals surface area contributed by atoms with Crippen LogP contribution in [0.15, 0.2) is 47.1 Å². The van der Waals surface area contributed by atoms with Crippen molar-refractivity contribution in [2.24, 2.45) is 0 Å². The number of amides is 1. The molecule has 22 heavy (non-hydrogen) atoms. The minimum Gasteiger partial charge on any atom is -0.467 e. The van der Waals surface area contributed by atoms with E-state index in [0.29, 0.717) is 19.0 Å². The zero-order valence-corrected chi connectivity index (χ0v) is 12.3. The van der Waals surface area contributed by atoms with E-state index in [4.69, 9.17) is 4.42 Å². The summed E-state index contributed by atoms with van der Waals surface area (Å²) in [4.78, 5) is 14.0. The molecule has 0 unspecified atom stereocenters. The van der Waals surface area contributed by atoms with Crippen molar-refractivity contribution in [2.75, 3.05) is 19.6 Å². The van der Waals surface area contributed by atoms with Gasteiger partial charge in [0.05, 0.1) is 19.4 Å². The van der Waals surface area contributed by atoms with E-state index >= 15 is 0 Å². The molecular weight excluding hydrogens is 283 g/mol. The Kier molecular flexibility index (Phi) is 4.53. The van der Waals surface area contributed by atoms with E-state index in [1.54, 1.807) is 24.5 Å². The van der Waals surface area contributed by atoms with Gasteiger partial charge in [0.25, 0.3) is 0 Å². The molecule has 0 bridgehead atoms. The maximum absolute atomic E-state index is 13.3. The second kappa shape index (κ2) is 6.75. The summed E-state index contributed by atoms with van der Waals surface area (Å²) in [5.74, 6) is 0.824. The Hall–Kier alpha value is -2.14. The maximum atomic E-state index is 13.3. The molecule has 1 amide bonds. The minimum atomic E-state index is -0.202. The summed E-state index contributed by atoms with van der Waals surface area (Å²) in [7, 11) is 0. The lowest BCUT2D eigenvalue weighted by Gasteiger charge is -2.15. The first-order valence-electron chi connectivity index (χ1n) is 7.47. The van der Waals surface area contributed by atoms with Crippen molar-refractivity contribution >= 4 is 5.91 Å². The van der Waals surface area contributed by atoms with Gasteiger partial charge in [0, 0.05) is 6.54 Å². The number of hydrogen-bond acceptors (Lipinski definition) is 3. The third-order valence-corrected chi connectivity index (χ3v) is 4.00. The van der Waals surface area contributed by atoms with Crippen LogP contribution in [0.2, 0.25) is 0 Å². The maximum Gasteiger partial charge on any atom is 0.234 e. The number of furan rings is 1. The zero-order chi connectivity index (χ0) is 15.4. The highest BCUT2D eigenvalue weighted by atomic mass is 19.1. The van der Waals surface area contributed by atoms with Crippen LogP contribution < -0.4 is 5.32 Å². The van der Waals surface area contributed by atoms with Gasteiger partial charge in [-0.05, 0) is 48.7 Å². The fraction of sp³-hybridized carbons (Fsp3) is 0.353. The van der Waals surface area contributed by atoms with Crippen molar-refractivity contribution in [1.29, 1.82) is 0 Å². The van der Waals surface area contributed by atoms with Crippen molar-refractivity contribution in [1.82, 2.24) is 10.2 Å². The Bertz CT molecular complexity index is 627. The molecule has 3 rings (SSSR count). The first-order valence-corrected chi connectivity index (χ1v) is 7.47. The Balaban J connectivity index is 1.47. The van der Waals surface area contributed by atoms with E-state index in [2.05, 4.69) is 10.2 Å². The van der Waals surface area contributed by atoms with Crippen molar-refractivity contribution in [3.05, 3.63) is 59.8 Å². The number of carbonyl (C=O) groups is 1. The van der Waals surface area contributed by atoms with Crippen LogP contribution in [0.1, 0.15) is 23.7 Å². The average molecular weight is 302 g/mol. The van der Waals surface area contributed by atoms with Gasteiger partial charge in [-0.2, -0.15) is 0 Å². The average Bonchev–Trinajstić information content (AvgIpc) is 3.16. The molecule has 1 fully saturated rings. The summed E-state index contributed by atoms with van der Waals surface area (Å²) in [6, 6.07) is 10.4. The molecule has 1 atom stereocenters. The fourth-order valence-corrected chi connectivity index (χ4v) is 2.87. The summed E-state index contributed by atoms with van der Waals surface area (Å²) >= 11 is 0. The van der Waals surface area contributed by atoms with Gasteiger partial charge in [0.1, 0.15) is 11.6 Å². The summed E-state index contributed by atoms with van der Waals surface area (Å²) in [6.45, 7) is 2.42. The predicted molar refractivity (Wildman–Crippen MR) is 80.8 cm³/mol. The molecule has 0 aliphatic carbocycles. The molecule has 1 saturated heterocycles. The van der Waals surface area contributed by atoms with E-state index in [9.17, 15) is 9.18 Å². The number of carbonyl (C=O) groups excluding carboxylic acids is 1. The van der Waals surface area contributed by atoms with Crippen LogP contribution in [0, 0.1) is 5.82 Å². The SMILES string of the molecule is O=C(CN1CC[C@@H](c2cccc(F)c2)C1)NCc1ccco1. The van der Waals surface area contributed by atoms with E-state index in [1.165, 1.54) is 6.07 Å². The van der Waals surface area contributed by atoms with Gasteiger partial charge in [-0.25, -0.2) is 4.39 Å². The van der Waals surface area contributed by atoms with Gasteiger partial charge >= 0.3 is 0 Å². The molecule has 0 radical (unpaired) electrons. The molecule has 1 aromatic carbocycles. The van der Waals surface area contributed by atoms with E-state index in [-0.39, 0.29) is 11.7 Å². The fourth-order valence-electron chi connectivity index (χ4n) is 2.87. The van der Waals surface area contributed by atoms with Crippen LogP contribution in [0.4, 0.5) is 4.39 Å². The molecule has 116 valence electrons. The summed E-state index contributed by atoms with van der Waals surface area (Å²) in [5.41, 5.74) is 1.01. The van der Waals surface area contributed by atoms with Crippen molar-refractivity contribution in [2.45, 2.75) is 18.9 Å². The Labute approximate surface area is 128 Å². The Morgan fingerprint density at radius 3 is 3.05 bits per heavy atom. The number of benzene rings is 1. The molecule has 1 aliphatic heterocycles. The van der Waals surface area contributed by atoms with E-state index < -0.39 is 0 Å². The van der Waals surface area contributed by atoms with Gasteiger partial charge in [-0.1, -0.05) is 12.1 Å². The topological polar surface area (TPSA) is 45.5 Å². The number of nitrogens with zero attached hydrogens (tertiary/aromatic N) is 1. The Morgan fingerprint density at radius 2 is 2.27 bits per heavy atom. The summed E-state index contributed by atoms with van der Waals surface area (Å²) < 4.78 is 18.5. The summed E-state index contributed by atoms with van der Waals surface area (Å²) in [6.07, 6.45) is 2.54. The lowest BCUT2D eigenvalue weighted by Crippen LogP contribution is -2.35. The van der Waals surface area contributed by atoms with Gasteiger partial charge < -0.3 is 9.73 Å². The third-order valence-electron chi connectivity index (χ3n) is 4.00. The van der Waals surface area contributed by atoms with Gasteiger partial charge in [0.15, 0.2) is 0 Å². The predicted octanol–water partition coefficient (Wildman–Crippen LogP) is 2.52. The smallest absolute Gasteiger partial charge is 0.234 e. The molecule has 1 aliphatic rings. The number of hydrogen-bond donors (Lipinski definition) is 1. The highest BCUT2D eigenvalue weighted by Gasteiger charge is 2.25. The number of nitrogens with one attached hydrogen (secondary N) is 1. The largest absolute Gasteiger partial charge is 0.467 e. The van der Waals surface area contributed by atoms with Crippen molar-refractivity contribution < 1.29 is 13.6 Å². The standard InChI is InChI=1S/C17H19FN2O2/c18-15-4-1-3-13(9-15)14-6-7-20(11-14)12-17(21)19-10-16-5-2-8-22-16/h1-5,8-9,14H,6-7,10-12H2,(H,19,21)/t14-/m1/s1. The molecule has 1 N–H and O–H groups in total. The zero-order valence-electron chi connectivity index (χ0n) is 12.3. The van der Waals surface area contributed by atoms with Crippen LogP contribution in [-0.4, -0.2) is 30.4 Å². The molecule has 4 nitrogen and oxygen atoms in total. The molecule has 1 aromatic heterocycles. The second-order valence-corrected chi connectivity index (χ2v) is 5.63. The highest BCUT2D eigenvalue weighted by molar-refractivity contribution is 5.78. The minimum absolute atomic E-state index is 0.0173. The highest BCUT2D eigenvalue weighted by Crippen LogP contribution is 2.27. The number of halogens is 1. The first-order chi connectivity index (χ1) is 10.7. The lowest BCUT2D eigenvalue weighted by atomic mass is 9.98. The van der Waals surface area contributed by atoms with E-state index in [1.807, 2.05) is 12.1 Å². The van der Waals surface area contributed by atoms with Crippen molar-refractivity contribution in [3.8, 4) is 0 Å². The second-order valence-electron chi connectivity index (χ2n) is 5.63. The van der Waals surface area contributed by atoms with Crippen LogP contribution in [0.25, 0.3) is 0 Å². The van der Waals surface area contributed by atoms with Gasteiger partial charge in [-0.3, -0.25) is 9.69 Å². The Morgan fingerprint density at radius 1 is 1.36 bits per heavy atom. The molecule has 0 saturated carbocycles. The van der Waals surface area contributed by atoms with Crippen LogP contribution in [0.5, 0.6) is 0 Å². The summed E-state index contributed by atoms with van der Waals surface area (Å²) in [5, 5.41) is 2.84. The number of rotatable bonds is 5. The van der Waals surface area contributed by atoms with Gasteiger partial charge in [-0.15, -0.1) is 0 Å². The van der Waals surface area contributed by atoms with Crippen LogP contribution in [-0.2, 0) is 11.3 Å². The molecule has 5 heteroatoms. The quantitative estimate of drug-likeness (QED) is 0.923. The van der Waals surface area contributed by atoms with Crippen LogP contribution >= 0.6 is 0 Å². The first kappa shape index (κ1) is 14.8. The van der Waals surface area contributed by atoms with Crippen molar-refractivity contribution in [3.63, 3.8) is 0 Å². The molecule has 2 heterocycles. The van der Waals surface area contributed by atoms with Gasteiger partial charge in [0.2, 0.25) is 5.91 Å². The molecular formula is C17H19FN2O2.